The van der Waals surface area contributed by atoms with E-state index in [0.717, 1.165) is 6.42 Å². The molecule has 28 heavy (non-hydrogen) atoms. The van der Waals surface area contributed by atoms with Crippen molar-refractivity contribution in [1.29, 1.82) is 0 Å². The Kier molecular flexibility index (Phi) is 6.36. The third kappa shape index (κ3) is 4.94. The minimum Gasteiger partial charge on any atom is -0.494 e. The van der Waals surface area contributed by atoms with E-state index in [1.54, 1.807) is 72.9 Å². The number of para-hydroxylation sites is 1. The number of rotatable bonds is 7. The van der Waals surface area contributed by atoms with Crippen LogP contribution in [0.2, 0.25) is 0 Å². The molecule has 1 heterocycles. The van der Waals surface area contributed by atoms with Gasteiger partial charge >= 0.3 is 0 Å². The molecule has 0 aliphatic heterocycles. The van der Waals surface area contributed by atoms with Crippen molar-refractivity contribution in [3.63, 3.8) is 0 Å². The Balaban J connectivity index is 1.76. The maximum atomic E-state index is 12.7. The van der Waals surface area contributed by atoms with Crippen LogP contribution >= 0.6 is 0 Å². The van der Waals surface area contributed by atoms with Crippen LogP contribution in [-0.4, -0.2) is 23.4 Å². The van der Waals surface area contributed by atoms with Crippen LogP contribution < -0.4 is 15.4 Å². The molecule has 6 nitrogen and oxygen atoms in total. The first kappa shape index (κ1) is 19.1. The number of nitrogens with one attached hydrogen (secondary N) is 2. The molecule has 0 radical (unpaired) electrons. The number of anilines is 2. The summed E-state index contributed by atoms with van der Waals surface area (Å²) in [4.78, 5) is 29.3. The topological polar surface area (TPSA) is 80.3 Å². The van der Waals surface area contributed by atoms with Crippen LogP contribution in [-0.2, 0) is 0 Å². The molecule has 0 atom stereocenters. The zero-order valence-corrected chi connectivity index (χ0v) is 15.5. The number of carbonyl (C=O) groups is 2. The van der Waals surface area contributed by atoms with Gasteiger partial charge in [0.2, 0.25) is 0 Å². The standard InChI is InChI=1S/C22H21N3O3/c1-2-14-28-17-9-7-8-16(15-17)21(26)24-19-11-4-3-10-18(19)22(27)25-20-12-5-6-13-23-20/h3-13,15H,2,14H2,1H3,(H,24,26)(H,23,25,27). The Morgan fingerprint density at radius 1 is 0.929 bits per heavy atom. The summed E-state index contributed by atoms with van der Waals surface area (Å²) in [7, 11) is 0. The number of benzene rings is 2. The van der Waals surface area contributed by atoms with E-state index >= 15 is 0 Å². The lowest BCUT2D eigenvalue weighted by atomic mass is 10.1. The second-order valence-corrected chi connectivity index (χ2v) is 6.05. The first-order chi connectivity index (χ1) is 13.7. The number of hydrogen-bond acceptors (Lipinski definition) is 4. The zero-order valence-electron chi connectivity index (χ0n) is 15.5. The molecular weight excluding hydrogens is 354 g/mol. The minimum atomic E-state index is -0.352. The highest BCUT2D eigenvalue weighted by Gasteiger charge is 2.15. The van der Waals surface area contributed by atoms with Crippen LogP contribution in [0, 0.1) is 0 Å². The van der Waals surface area contributed by atoms with Gasteiger partial charge in [-0.15, -0.1) is 0 Å². The molecule has 2 amide bonds. The predicted molar refractivity (Wildman–Crippen MR) is 109 cm³/mol. The van der Waals surface area contributed by atoms with Gasteiger partial charge in [0.1, 0.15) is 11.6 Å². The number of nitrogens with zero attached hydrogens (tertiary/aromatic N) is 1. The summed E-state index contributed by atoms with van der Waals surface area (Å²) in [6.45, 7) is 2.60. The molecule has 0 spiro atoms. The molecule has 0 saturated heterocycles. The second-order valence-electron chi connectivity index (χ2n) is 6.05. The number of amides is 2. The molecule has 1 aromatic heterocycles. The maximum Gasteiger partial charge on any atom is 0.258 e. The predicted octanol–water partition coefficient (Wildman–Crippen LogP) is 4.38. The van der Waals surface area contributed by atoms with Crippen molar-refractivity contribution < 1.29 is 14.3 Å². The van der Waals surface area contributed by atoms with E-state index in [1.165, 1.54) is 0 Å². The highest BCUT2D eigenvalue weighted by molar-refractivity contribution is 6.12. The Bertz CT molecular complexity index is 958. The third-order valence-electron chi connectivity index (χ3n) is 3.90. The number of aromatic nitrogens is 1. The molecule has 2 N–H and O–H groups in total. The van der Waals surface area contributed by atoms with Crippen molar-refractivity contribution >= 4 is 23.3 Å². The van der Waals surface area contributed by atoms with Gasteiger partial charge in [0.05, 0.1) is 17.9 Å². The third-order valence-corrected chi connectivity index (χ3v) is 3.90. The number of ether oxygens (including phenoxy) is 1. The summed E-state index contributed by atoms with van der Waals surface area (Å²) in [5, 5.41) is 5.52. The molecule has 0 aliphatic carbocycles. The van der Waals surface area contributed by atoms with Crippen molar-refractivity contribution in [1.82, 2.24) is 4.98 Å². The van der Waals surface area contributed by atoms with E-state index in [1.807, 2.05) is 6.92 Å². The van der Waals surface area contributed by atoms with E-state index in [0.29, 0.717) is 35.0 Å². The quantitative estimate of drug-likeness (QED) is 0.642. The number of hydrogen-bond donors (Lipinski definition) is 2. The van der Waals surface area contributed by atoms with Gasteiger partial charge in [-0.05, 0) is 48.9 Å². The fourth-order valence-corrected chi connectivity index (χ4v) is 2.55. The van der Waals surface area contributed by atoms with Crippen LogP contribution in [0.25, 0.3) is 0 Å². The van der Waals surface area contributed by atoms with Gasteiger partial charge in [-0.1, -0.05) is 31.2 Å². The highest BCUT2D eigenvalue weighted by Crippen LogP contribution is 2.19. The van der Waals surface area contributed by atoms with Crippen LogP contribution in [0.4, 0.5) is 11.5 Å². The molecule has 3 aromatic rings. The van der Waals surface area contributed by atoms with Gasteiger partial charge < -0.3 is 15.4 Å². The van der Waals surface area contributed by atoms with E-state index in [2.05, 4.69) is 15.6 Å². The lowest BCUT2D eigenvalue weighted by molar-refractivity contribution is 0.102. The second kappa shape index (κ2) is 9.32. The average molecular weight is 375 g/mol. The largest absolute Gasteiger partial charge is 0.494 e. The Morgan fingerprint density at radius 3 is 2.54 bits per heavy atom. The van der Waals surface area contributed by atoms with Crippen molar-refractivity contribution in [2.75, 3.05) is 17.2 Å². The highest BCUT2D eigenvalue weighted by atomic mass is 16.5. The molecular formula is C22H21N3O3. The molecule has 0 fully saturated rings. The molecule has 0 saturated carbocycles. The van der Waals surface area contributed by atoms with Gasteiger partial charge in [-0.3, -0.25) is 9.59 Å². The zero-order chi connectivity index (χ0) is 19.8. The summed E-state index contributed by atoms with van der Waals surface area (Å²) < 4.78 is 5.57. The Hall–Kier alpha value is -3.67. The minimum absolute atomic E-state index is 0.319. The van der Waals surface area contributed by atoms with Crippen LogP contribution in [0.1, 0.15) is 34.1 Å². The van der Waals surface area contributed by atoms with Crippen LogP contribution in [0.3, 0.4) is 0 Å². The van der Waals surface area contributed by atoms with Gasteiger partial charge in [0.15, 0.2) is 0 Å². The Labute approximate surface area is 163 Å². The molecule has 6 heteroatoms. The van der Waals surface area contributed by atoms with Crippen LogP contribution in [0.5, 0.6) is 5.75 Å². The molecule has 142 valence electrons. The maximum absolute atomic E-state index is 12.7. The summed E-state index contributed by atoms with van der Waals surface area (Å²) >= 11 is 0. The molecule has 0 unspecified atom stereocenters. The van der Waals surface area contributed by atoms with Gasteiger partial charge in [0.25, 0.3) is 11.8 Å². The van der Waals surface area contributed by atoms with E-state index in [4.69, 9.17) is 4.74 Å². The monoisotopic (exact) mass is 375 g/mol. The normalized spacial score (nSPS) is 10.2. The Morgan fingerprint density at radius 2 is 1.75 bits per heavy atom. The van der Waals surface area contributed by atoms with Gasteiger partial charge in [-0.25, -0.2) is 4.98 Å². The lowest BCUT2D eigenvalue weighted by Crippen LogP contribution is -2.18. The number of pyridine rings is 1. The summed E-state index contributed by atoms with van der Waals surface area (Å²) in [5.41, 5.74) is 1.22. The van der Waals surface area contributed by atoms with Crippen molar-refractivity contribution in [2.45, 2.75) is 13.3 Å². The summed E-state index contributed by atoms with van der Waals surface area (Å²) in [6.07, 6.45) is 2.48. The first-order valence-corrected chi connectivity index (χ1v) is 9.03. The van der Waals surface area contributed by atoms with Crippen molar-refractivity contribution in [3.05, 3.63) is 84.1 Å². The average Bonchev–Trinajstić information content (AvgIpc) is 2.73. The molecule has 3 rings (SSSR count). The number of carbonyl (C=O) groups excluding carboxylic acids is 2. The SMILES string of the molecule is CCCOc1cccc(C(=O)Nc2ccccc2C(=O)Nc2ccccn2)c1. The summed E-state index contributed by atoms with van der Waals surface area (Å²) in [6, 6.07) is 19.0. The fraction of sp³-hybridized carbons (Fsp3) is 0.136. The van der Waals surface area contributed by atoms with Gasteiger partial charge in [0, 0.05) is 11.8 Å². The van der Waals surface area contributed by atoms with E-state index in [9.17, 15) is 9.59 Å². The molecule has 0 bridgehead atoms. The van der Waals surface area contributed by atoms with Crippen molar-refractivity contribution in [2.24, 2.45) is 0 Å². The van der Waals surface area contributed by atoms with Crippen LogP contribution in [0.15, 0.2) is 72.9 Å². The first-order valence-electron chi connectivity index (χ1n) is 9.03. The van der Waals surface area contributed by atoms with E-state index in [-0.39, 0.29) is 11.8 Å². The lowest BCUT2D eigenvalue weighted by Gasteiger charge is -2.12. The van der Waals surface area contributed by atoms with Gasteiger partial charge in [-0.2, -0.15) is 0 Å². The van der Waals surface area contributed by atoms with Crippen molar-refractivity contribution in [3.8, 4) is 5.75 Å². The smallest absolute Gasteiger partial charge is 0.258 e. The molecule has 2 aromatic carbocycles. The van der Waals surface area contributed by atoms with E-state index < -0.39 is 0 Å². The molecule has 0 aliphatic rings. The summed E-state index contributed by atoms with van der Waals surface area (Å²) in [5.74, 6) is 0.403. The fourth-order valence-electron chi connectivity index (χ4n) is 2.55.